The Balaban J connectivity index is 2.35. The predicted molar refractivity (Wildman–Crippen MR) is 37.7 cm³/mol. The van der Waals surface area contributed by atoms with Gasteiger partial charge >= 0.3 is 0 Å². The van der Waals surface area contributed by atoms with E-state index in [1.807, 2.05) is 0 Å². The summed E-state index contributed by atoms with van der Waals surface area (Å²) in [4.78, 5) is 11.0. The van der Waals surface area contributed by atoms with Gasteiger partial charge in [-0.2, -0.15) is 0 Å². The lowest BCUT2D eigenvalue weighted by Gasteiger charge is -2.09. The van der Waals surface area contributed by atoms with Crippen molar-refractivity contribution < 1.29 is 14.6 Å². The van der Waals surface area contributed by atoms with Crippen molar-refractivity contribution in [1.29, 1.82) is 0 Å². The zero-order valence-corrected chi connectivity index (χ0v) is 5.91. The van der Waals surface area contributed by atoms with Crippen LogP contribution in [0.4, 0.5) is 0 Å². The van der Waals surface area contributed by atoms with Gasteiger partial charge in [0.1, 0.15) is 5.76 Å². The monoisotopic (exact) mass is 152 g/mol. The molecule has 58 valence electrons. The van der Waals surface area contributed by atoms with Gasteiger partial charge in [-0.05, 0) is 12.5 Å². The van der Waals surface area contributed by atoms with E-state index in [9.17, 15) is 4.79 Å². The summed E-state index contributed by atoms with van der Waals surface area (Å²) in [5, 5.41) is 9.13. The first-order chi connectivity index (χ1) is 5.27. The Kier molecular flexibility index (Phi) is 1.32. The lowest BCUT2D eigenvalue weighted by atomic mass is 10.0. The maximum atomic E-state index is 11.0. The molecule has 2 aliphatic rings. The van der Waals surface area contributed by atoms with Crippen LogP contribution in [0.3, 0.4) is 0 Å². The molecule has 1 fully saturated rings. The van der Waals surface area contributed by atoms with Crippen LogP contribution >= 0.6 is 0 Å². The van der Waals surface area contributed by atoms with E-state index in [1.165, 1.54) is 0 Å². The normalized spacial score (nSPS) is 28.8. The number of aliphatic hydroxyl groups excluding tert-OH is 1. The Morgan fingerprint density at radius 2 is 2.45 bits per heavy atom. The average Bonchev–Trinajstić information content (AvgIpc) is 2.32. The fraction of sp³-hybridized carbons (Fsp3) is 0.375. The lowest BCUT2D eigenvalue weighted by Crippen LogP contribution is -2.08. The molecule has 1 heterocycles. The zero-order chi connectivity index (χ0) is 7.84. The van der Waals surface area contributed by atoms with Crippen LogP contribution in [0.2, 0.25) is 0 Å². The minimum atomic E-state index is -0.486. The first kappa shape index (κ1) is 6.61. The standard InChI is InChI=1S/C8H8O3/c9-5-1-2-6-7(10)4-11-8(6)3-5/h2-3,5,9H,1,4H2. The third kappa shape index (κ3) is 0.973. The molecule has 1 aliphatic heterocycles. The topological polar surface area (TPSA) is 46.5 Å². The van der Waals surface area contributed by atoms with Crippen LogP contribution in [0.15, 0.2) is 23.5 Å². The molecule has 0 saturated carbocycles. The Morgan fingerprint density at radius 3 is 3.27 bits per heavy atom. The van der Waals surface area contributed by atoms with Gasteiger partial charge in [0.05, 0.1) is 11.7 Å². The predicted octanol–water partition coefficient (Wildman–Crippen LogP) is 0.161. The van der Waals surface area contributed by atoms with E-state index >= 15 is 0 Å². The van der Waals surface area contributed by atoms with E-state index in [0.717, 1.165) is 0 Å². The van der Waals surface area contributed by atoms with Crippen molar-refractivity contribution in [3.05, 3.63) is 23.5 Å². The minimum Gasteiger partial charge on any atom is -0.485 e. The number of carbonyl (C=O) groups is 1. The maximum absolute atomic E-state index is 11.0. The SMILES string of the molecule is O=C1COC2=CC(O)CC=C12. The number of fused-ring (bicyclic) bond motifs is 1. The highest BCUT2D eigenvalue weighted by molar-refractivity contribution is 6.02. The number of Topliss-reactive ketones (excluding diaryl/α,β-unsaturated/α-hetero) is 1. The Bertz CT molecular complexity index is 263. The van der Waals surface area contributed by atoms with E-state index in [0.29, 0.717) is 17.8 Å². The fourth-order valence-electron chi connectivity index (χ4n) is 1.27. The molecule has 1 atom stereocenters. The second-order valence-electron chi connectivity index (χ2n) is 2.66. The van der Waals surface area contributed by atoms with E-state index in [1.54, 1.807) is 12.2 Å². The van der Waals surface area contributed by atoms with Crippen molar-refractivity contribution in [3.63, 3.8) is 0 Å². The van der Waals surface area contributed by atoms with Crippen molar-refractivity contribution in [2.75, 3.05) is 6.61 Å². The number of aliphatic hydroxyl groups is 1. The largest absolute Gasteiger partial charge is 0.485 e. The number of allylic oxidation sites excluding steroid dienone is 1. The minimum absolute atomic E-state index is 0.0168. The van der Waals surface area contributed by atoms with Gasteiger partial charge in [-0.1, -0.05) is 6.08 Å². The number of hydrogen-bond donors (Lipinski definition) is 1. The molecular formula is C8H8O3. The third-order valence-corrected chi connectivity index (χ3v) is 1.83. The smallest absolute Gasteiger partial charge is 0.203 e. The van der Waals surface area contributed by atoms with Gasteiger partial charge in [-0.15, -0.1) is 0 Å². The van der Waals surface area contributed by atoms with Crippen LogP contribution in [0.5, 0.6) is 0 Å². The van der Waals surface area contributed by atoms with Crippen LogP contribution in [0.1, 0.15) is 6.42 Å². The molecule has 0 radical (unpaired) electrons. The summed E-state index contributed by atoms with van der Waals surface area (Å²) in [6.45, 7) is 0.129. The van der Waals surface area contributed by atoms with Crippen molar-refractivity contribution in [1.82, 2.24) is 0 Å². The summed E-state index contributed by atoms with van der Waals surface area (Å²) in [7, 11) is 0. The van der Waals surface area contributed by atoms with Gasteiger partial charge in [0.25, 0.3) is 0 Å². The van der Waals surface area contributed by atoms with Gasteiger partial charge in [0.15, 0.2) is 6.61 Å². The molecule has 11 heavy (non-hydrogen) atoms. The zero-order valence-electron chi connectivity index (χ0n) is 5.91. The number of hydrogen-bond acceptors (Lipinski definition) is 3. The summed E-state index contributed by atoms with van der Waals surface area (Å²) in [5.41, 5.74) is 0.635. The summed E-state index contributed by atoms with van der Waals surface area (Å²) in [6.07, 6.45) is 3.35. The molecule has 1 aliphatic carbocycles. The Hall–Kier alpha value is -1.09. The number of carbonyl (C=O) groups excluding carboxylic acids is 1. The fourth-order valence-corrected chi connectivity index (χ4v) is 1.27. The van der Waals surface area contributed by atoms with Gasteiger partial charge in [0.2, 0.25) is 5.78 Å². The molecule has 0 aromatic carbocycles. The van der Waals surface area contributed by atoms with Crippen LogP contribution in [-0.4, -0.2) is 23.6 Å². The van der Waals surface area contributed by atoms with E-state index in [2.05, 4.69) is 0 Å². The number of ketones is 1. The molecule has 2 rings (SSSR count). The van der Waals surface area contributed by atoms with Crippen LogP contribution < -0.4 is 0 Å². The Morgan fingerprint density at radius 1 is 1.64 bits per heavy atom. The molecular weight excluding hydrogens is 144 g/mol. The highest BCUT2D eigenvalue weighted by Gasteiger charge is 2.27. The van der Waals surface area contributed by atoms with E-state index in [4.69, 9.17) is 9.84 Å². The van der Waals surface area contributed by atoms with Crippen molar-refractivity contribution >= 4 is 5.78 Å². The second-order valence-corrected chi connectivity index (χ2v) is 2.66. The van der Waals surface area contributed by atoms with Crippen molar-refractivity contribution in [3.8, 4) is 0 Å². The van der Waals surface area contributed by atoms with Crippen LogP contribution in [0.25, 0.3) is 0 Å². The Labute approximate surface area is 64.0 Å². The molecule has 0 spiro atoms. The summed E-state index contributed by atoms with van der Waals surface area (Å²) in [6, 6.07) is 0. The highest BCUT2D eigenvalue weighted by Crippen LogP contribution is 2.25. The highest BCUT2D eigenvalue weighted by atomic mass is 16.5. The first-order valence-corrected chi connectivity index (χ1v) is 3.54. The number of rotatable bonds is 0. The van der Waals surface area contributed by atoms with Gasteiger partial charge in [0, 0.05) is 0 Å². The molecule has 1 unspecified atom stereocenters. The molecule has 0 amide bonds. The average molecular weight is 152 g/mol. The van der Waals surface area contributed by atoms with Gasteiger partial charge in [-0.3, -0.25) is 4.79 Å². The molecule has 1 N–H and O–H groups in total. The molecule has 3 nitrogen and oxygen atoms in total. The first-order valence-electron chi connectivity index (χ1n) is 3.54. The molecule has 0 aromatic rings. The summed E-state index contributed by atoms with van der Waals surface area (Å²) < 4.78 is 5.02. The second kappa shape index (κ2) is 2.20. The van der Waals surface area contributed by atoms with E-state index in [-0.39, 0.29) is 12.4 Å². The van der Waals surface area contributed by atoms with Gasteiger partial charge in [-0.25, -0.2) is 0 Å². The maximum Gasteiger partial charge on any atom is 0.203 e. The van der Waals surface area contributed by atoms with Crippen molar-refractivity contribution in [2.24, 2.45) is 0 Å². The summed E-state index contributed by atoms with van der Waals surface area (Å²) in [5.74, 6) is 0.567. The lowest BCUT2D eigenvalue weighted by molar-refractivity contribution is -0.115. The molecule has 3 heteroatoms. The molecule has 0 aromatic heterocycles. The van der Waals surface area contributed by atoms with Crippen LogP contribution in [0, 0.1) is 0 Å². The van der Waals surface area contributed by atoms with Crippen molar-refractivity contribution in [2.45, 2.75) is 12.5 Å². The molecule has 0 bridgehead atoms. The number of ether oxygens (including phenoxy) is 1. The van der Waals surface area contributed by atoms with E-state index < -0.39 is 6.10 Å². The quantitative estimate of drug-likeness (QED) is 0.537. The van der Waals surface area contributed by atoms with Crippen LogP contribution in [-0.2, 0) is 9.53 Å². The molecule has 1 saturated heterocycles. The van der Waals surface area contributed by atoms with Gasteiger partial charge < -0.3 is 9.84 Å². The summed E-state index contributed by atoms with van der Waals surface area (Å²) >= 11 is 0. The third-order valence-electron chi connectivity index (χ3n) is 1.83.